The molecule has 4 heteroatoms. The van der Waals surface area contributed by atoms with Crippen molar-refractivity contribution in [2.45, 2.75) is 90.2 Å². The summed E-state index contributed by atoms with van der Waals surface area (Å²) in [5.74, 6) is 1.02. The van der Waals surface area contributed by atoms with Gasteiger partial charge in [0.1, 0.15) is 4.32 Å². The lowest BCUT2D eigenvalue weighted by molar-refractivity contribution is 0.0979. The molecule has 1 heterocycles. The van der Waals surface area contributed by atoms with Gasteiger partial charge in [0.25, 0.3) is 0 Å². The predicted octanol–water partition coefficient (Wildman–Crippen LogP) is 5.55. The third-order valence-corrected chi connectivity index (χ3v) is 6.06. The molecular weight excluding hydrogens is 322 g/mol. The van der Waals surface area contributed by atoms with Gasteiger partial charge in [-0.15, -0.1) is 0 Å². The molecule has 0 radical (unpaired) electrons. The first kappa shape index (κ1) is 21.0. The van der Waals surface area contributed by atoms with Gasteiger partial charge in [-0.1, -0.05) is 94.9 Å². The maximum absolute atomic E-state index is 10.5. The lowest BCUT2D eigenvalue weighted by Gasteiger charge is -2.25. The van der Waals surface area contributed by atoms with Gasteiger partial charge in [-0.25, -0.2) is 0 Å². The van der Waals surface area contributed by atoms with Gasteiger partial charge in [0, 0.05) is 12.3 Å². The Hall–Kier alpha value is -0.0600. The molecule has 1 fully saturated rings. The Balaban J connectivity index is 2.43. The second-order valence-electron chi connectivity index (χ2n) is 6.93. The van der Waals surface area contributed by atoms with Gasteiger partial charge in [0.05, 0.1) is 11.6 Å². The summed E-state index contributed by atoms with van der Waals surface area (Å²) in [4.78, 5) is 2.35. The van der Waals surface area contributed by atoms with Crippen molar-refractivity contribution in [3.05, 3.63) is 12.2 Å². The molecule has 0 saturated carbocycles. The summed E-state index contributed by atoms with van der Waals surface area (Å²) in [5, 5.41) is 10.5. The van der Waals surface area contributed by atoms with Crippen LogP contribution in [0.2, 0.25) is 0 Å². The molecule has 134 valence electrons. The van der Waals surface area contributed by atoms with Crippen molar-refractivity contribution in [3.8, 4) is 0 Å². The van der Waals surface area contributed by atoms with Crippen LogP contribution in [0.5, 0.6) is 0 Å². The van der Waals surface area contributed by atoms with Crippen LogP contribution < -0.4 is 0 Å². The second kappa shape index (κ2) is 11.5. The van der Waals surface area contributed by atoms with Crippen molar-refractivity contribution < 1.29 is 5.11 Å². The number of nitrogens with zero attached hydrogens (tertiary/aromatic N) is 1. The van der Waals surface area contributed by atoms with Gasteiger partial charge >= 0.3 is 0 Å². The van der Waals surface area contributed by atoms with Crippen molar-refractivity contribution in [2.75, 3.05) is 12.3 Å². The molecule has 0 aliphatic carbocycles. The molecule has 2 unspecified atom stereocenters. The molecule has 0 spiro atoms. The molecule has 1 N–H and O–H groups in total. The Morgan fingerprint density at radius 1 is 1.17 bits per heavy atom. The number of unbranched alkanes of at least 4 members (excludes halogenated alkanes) is 6. The number of hydrogen-bond acceptors (Lipinski definition) is 3. The van der Waals surface area contributed by atoms with Crippen LogP contribution in [0.25, 0.3) is 0 Å². The Morgan fingerprint density at radius 3 is 2.52 bits per heavy atom. The Morgan fingerprint density at radius 2 is 1.83 bits per heavy atom. The summed E-state index contributed by atoms with van der Waals surface area (Å²) in [6.45, 7) is 7.43. The highest BCUT2D eigenvalue weighted by Gasteiger charge is 2.27. The zero-order valence-corrected chi connectivity index (χ0v) is 16.9. The molecule has 0 bridgehead atoms. The van der Waals surface area contributed by atoms with E-state index in [1.165, 1.54) is 44.9 Å². The minimum absolute atomic E-state index is 0.358. The molecule has 1 aliphatic rings. The lowest BCUT2D eigenvalue weighted by atomic mass is 9.97. The Kier molecular flexibility index (Phi) is 10.5. The number of aliphatic hydroxyl groups is 1. The van der Waals surface area contributed by atoms with Gasteiger partial charge in [-0.3, -0.25) is 0 Å². The fourth-order valence-corrected chi connectivity index (χ4v) is 4.33. The summed E-state index contributed by atoms with van der Waals surface area (Å²) in [5.41, 5.74) is -0.684. The van der Waals surface area contributed by atoms with Crippen molar-refractivity contribution in [1.29, 1.82) is 0 Å². The van der Waals surface area contributed by atoms with E-state index in [2.05, 4.69) is 24.8 Å². The van der Waals surface area contributed by atoms with E-state index in [0.29, 0.717) is 6.04 Å². The lowest BCUT2D eigenvalue weighted by Crippen LogP contribution is -2.33. The molecule has 0 aromatic heterocycles. The van der Waals surface area contributed by atoms with E-state index in [1.807, 2.05) is 13.0 Å². The van der Waals surface area contributed by atoms with Gasteiger partial charge in [0.2, 0.25) is 0 Å². The zero-order chi connectivity index (χ0) is 17.1. The SMILES string of the molecule is CCCCCCCN1C(=S)SCC1/C=C/C(C)(O)CCCCC. The van der Waals surface area contributed by atoms with Gasteiger partial charge in [0.15, 0.2) is 0 Å². The number of hydrogen-bond donors (Lipinski definition) is 1. The van der Waals surface area contributed by atoms with Crippen LogP contribution in [0.15, 0.2) is 12.2 Å². The molecule has 0 amide bonds. The van der Waals surface area contributed by atoms with Crippen LogP contribution in [0.3, 0.4) is 0 Å². The van der Waals surface area contributed by atoms with E-state index in [-0.39, 0.29) is 0 Å². The van der Waals surface area contributed by atoms with Gasteiger partial charge in [-0.05, 0) is 19.8 Å². The first-order valence-corrected chi connectivity index (χ1v) is 10.7. The fraction of sp³-hybridized carbons (Fsp3) is 0.842. The van der Waals surface area contributed by atoms with E-state index < -0.39 is 5.60 Å². The molecule has 2 atom stereocenters. The Labute approximate surface area is 153 Å². The third kappa shape index (κ3) is 8.55. The second-order valence-corrected chi connectivity index (χ2v) is 8.58. The average molecular weight is 358 g/mol. The van der Waals surface area contributed by atoms with Crippen molar-refractivity contribution in [2.24, 2.45) is 0 Å². The maximum atomic E-state index is 10.5. The molecule has 1 saturated heterocycles. The molecule has 1 rings (SSSR count). The average Bonchev–Trinajstić information content (AvgIpc) is 2.86. The summed E-state index contributed by atoms with van der Waals surface area (Å²) in [7, 11) is 0. The molecular formula is C19H35NOS2. The summed E-state index contributed by atoms with van der Waals surface area (Å²) >= 11 is 7.28. The normalized spacial score (nSPS) is 21.3. The van der Waals surface area contributed by atoms with E-state index in [0.717, 1.165) is 29.5 Å². The van der Waals surface area contributed by atoms with Crippen molar-refractivity contribution in [3.63, 3.8) is 0 Å². The monoisotopic (exact) mass is 357 g/mol. The van der Waals surface area contributed by atoms with Crippen LogP contribution in [-0.4, -0.2) is 38.3 Å². The van der Waals surface area contributed by atoms with Crippen LogP contribution in [0.4, 0.5) is 0 Å². The van der Waals surface area contributed by atoms with E-state index in [4.69, 9.17) is 12.2 Å². The van der Waals surface area contributed by atoms with E-state index in [9.17, 15) is 5.11 Å². The summed E-state index contributed by atoms with van der Waals surface area (Å²) in [6.07, 6.45) is 15.0. The maximum Gasteiger partial charge on any atom is 0.136 e. The fourth-order valence-electron chi connectivity index (χ4n) is 2.90. The molecule has 2 nitrogen and oxygen atoms in total. The minimum atomic E-state index is -0.684. The largest absolute Gasteiger partial charge is 0.386 e. The van der Waals surface area contributed by atoms with Crippen LogP contribution in [0.1, 0.15) is 78.6 Å². The quantitative estimate of drug-likeness (QED) is 0.281. The predicted molar refractivity (Wildman–Crippen MR) is 108 cm³/mol. The van der Waals surface area contributed by atoms with Crippen LogP contribution in [0, 0.1) is 0 Å². The first-order valence-electron chi connectivity index (χ1n) is 9.35. The zero-order valence-electron chi connectivity index (χ0n) is 15.2. The van der Waals surface area contributed by atoms with Gasteiger partial charge < -0.3 is 10.0 Å². The molecule has 0 aromatic rings. The van der Waals surface area contributed by atoms with E-state index in [1.54, 1.807) is 11.8 Å². The number of rotatable bonds is 12. The Bertz CT molecular complexity index is 368. The standard InChI is InChI=1S/C19H35NOS2/c1-4-6-8-9-11-15-20-17(16-23-18(20)22)12-14-19(3,21)13-10-7-5-2/h12,14,17,21H,4-11,13,15-16H2,1-3H3/b14-12+. The highest BCUT2D eigenvalue weighted by molar-refractivity contribution is 8.23. The van der Waals surface area contributed by atoms with Crippen LogP contribution in [-0.2, 0) is 0 Å². The number of thioether (sulfide) groups is 1. The van der Waals surface area contributed by atoms with Crippen molar-refractivity contribution in [1.82, 2.24) is 4.90 Å². The smallest absolute Gasteiger partial charge is 0.136 e. The summed E-state index contributed by atoms with van der Waals surface area (Å²) < 4.78 is 1.03. The molecule has 0 aromatic carbocycles. The number of thiocarbonyl (C=S) groups is 1. The molecule has 1 aliphatic heterocycles. The van der Waals surface area contributed by atoms with E-state index >= 15 is 0 Å². The summed E-state index contributed by atoms with van der Waals surface area (Å²) in [6, 6.07) is 0.358. The highest BCUT2D eigenvalue weighted by atomic mass is 32.2. The highest BCUT2D eigenvalue weighted by Crippen LogP contribution is 2.27. The minimum Gasteiger partial charge on any atom is -0.386 e. The first-order chi connectivity index (χ1) is 11.0. The molecule has 23 heavy (non-hydrogen) atoms. The van der Waals surface area contributed by atoms with Gasteiger partial charge in [-0.2, -0.15) is 0 Å². The third-order valence-electron chi connectivity index (χ3n) is 4.48. The topological polar surface area (TPSA) is 23.5 Å². The van der Waals surface area contributed by atoms with Crippen molar-refractivity contribution >= 4 is 28.3 Å². The van der Waals surface area contributed by atoms with Crippen LogP contribution >= 0.6 is 24.0 Å².